The lowest BCUT2D eigenvalue weighted by Crippen LogP contribution is -2.47. The van der Waals surface area contributed by atoms with Crippen molar-refractivity contribution in [3.63, 3.8) is 0 Å². The minimum absolute atomic E-state index is 0.0446. The number of ether oxygens (including phenoxy) is 5. The van der Waals surface area contributed by atoms with Gasteiger partial charge in [-0.2, -0.15) is 0 Å². The molecule has 0 N–H and O–H groups in total. The Bertz CT molecular complexity index is 1140. The summed E-state index contributed by atoms with van der Waals surface area (Å²) in [6, 6.07) is 0. The number of rotatable bonds is 47. The van der Waals surface area contributed by atoms with Crippen LogP contribution in [0.4, 0.5) is 0 Å². The summed E-state index contributed by atoms with van der Waals surface area (Å²) in [5.41, 5.74) is 0. The first-order valence-corrected chi connectivity index (χ1v) is 27.0. The lowest BCUT2D eigenvalue weighted by Gasteiger charge is -2.29. The molecule has 0 saturated carbocycles. The second-order valence-electron chi connectivity index (χ2n) is 20.5. The van der Waals surface area contributed by atoms with E-state index in [1.807, 2.05) is 28.2 Å². The summed E-state index contributed by atoms with van der Waals surface area (Å²) in [6.07, 6.45) is 35.1. The highest BCUT2D eigenvalue weighted by molar-refractivity contribution is 5.71. The Morgan fingerprint density at radius 1 is 0.364 bits per heavy atom. The fourth-order valence-electron chi connectivity index (χ4n) is 8.32. The SMILES string of the molecule is CCCCCCCCCC(CCCCCCCCCC(=O)OCCCCCCCCC(CCCCCCCCC)OC(=O)C[N+](C)(C)CCOC(C)=O)OC(=O)C[N+](C)(C)CCOC(C)=O. The Morgan fingerprint density at radius 2 is 0.667 bits per heavy atom. The molecule has 0 fully saturated rings. The van der Waals surface area contributed by atoms with Crippen LogP contribution in [0.2, 0.25) is 0 Å². The summed E-state index contributed by atoms with van der Waals surface area (Å²) in [4.78, 5) is 60.5. The highest BCUT2D eigenvalue weighted by Gasteiger charge is 2.25. The normalized spacial score (nSPS) is 12.7. The number of carbonyl (C=O) groups excluding carboxylic acids is 5. The summed E-state index contributed by atoms with van der Waals surface area (Å²) in [5, 5.41) is 0. The van der Waals surface area contributed by atoms with E-state index in [1.54, 1.807) is 0 Å². The van der Waals surface area contributed by atoms with Gasteiger partial charge >= 0.3 is 29.8 Å². The fraction of sp³-hybridized carbons (Fsp3) is 0.907. The molecule has 12 nitrogen and oxygen atoms in total. The van der Waals surface area contributed by atoms with E-state index in [0.29, 0.717) is 41.7 Å². The number of unbranched alkanes of at least 4 members (excludes halogenated alkanes) is 23. The molecule has 2 atom stereocenters. The molecule has 0 bridgehead atoms. The second-order valence-corrected chi connectivity index (χ2v) is 20.5. The predicted molar refractivity (Wildman–Crippen MR) is 267 cm³/mol. The minimum atomic E-state index is -0.307. The Morgan fingerprint density at radius 3 is 1.00 bits per heavy atom. The van der Waals surface area contributed by atoms with E-state index < -0.39 is 0 Å². The van der Waals surface area contributed by atoms with Crippen molar-refractivity contribution < 1.29 is 56.6 Å². The molecule has 0 aliphatic carbocycles. The van der Waals surface area contributed by atoms with Gasteiger partial charge in [0.15, 0.2) is 13.1 Å². The van der Waals surface area contributed by atoms with E-state index in [4.69, 9.17) is 23.7 Å². The van der Waals surface area contributed by atoms with Crippen LogP contribution in [0.3, 0.4) is 0 Å². The summed E-state index contributed by atoms with van der Waals surface area (Å²) in [5.74, 6) is -1.06. The summed E-state index contributed by atoms with van der Waals surface area (Å²) in [6.45, 7) is 9.99. The highest BCUT2D eigenvalue weighted by atomic mass is 16.6. The van der Waals surface area contributed by atoms with Crippen LogP contribution in [0.15, 0.2) is 0 Å². The molecule has 0 aromatic carbocycles. The van der Waals surface area contributed by atoms with Crippen LogP contribution in [0.25, 0.3) is 0 Å². The number of carbonyl (C=O) groups is 5. The molecule has 0 rings (SSSR count). The topological polar surface area (TPSA) is 132 Å². The average Bonchev–Trinajstić information content (AvgIpc) is 3.23. The Kier molecular flexibility index (Phi) is 40.6. The molecule has 0 spiro atoms. The molecule has 0 aliphatic heterocycles. The van der Waals surface area contributed by atoms with E-state index >= 15 is 0 Å². The number of nitrogens with zero attached hydrogens (tertiary/aromatic N) is 2. The van der Waals surface area contributed by atoms with Crippen molar-refractivity contribution in [1.82, 2.24) is 0 Å². The Hall–Kier alpha value is -2.73. The molecule has 12 heteroatoms. The van der Waals surface area contributed by atoms with Crippen molar-refractivity contribution in [1.29, 1.82) is 0 Å². The van der Waals surface area contributed by atoms with Gasteiger partial charge in [-0.15, -0.1) is 0 Å². The maximum absolute atomic E-state index is 12.9. The molecule has 0 aromatic heterocycles. The van der Waals surface area contributed by atoms with Gasteiger partial charge in [-0.1, -0.05) is 149 Å². The third-order valence-corrected chi connectivity index (χ3v) is 12.6. The van der Waals surface area contributed by atoms with E-state index in [-0.39, 0.29) is 61.8 Å². The molecule has 388 valence electrons. The zero-order chi connectivity index (χ0) is 49.2. The number of hydrogen-bond donors (Lipinski definition) is 0. The molecule has 0 radical (unpaired) electrons. The van der Waals surface area contributed by atoms with Crippen LogP contribution >= 0.6 is 0 Å². The summed E-state index contributed by atoms with van der Waals surface area (Å²) >= 11 is 0. The van der Waals surface area contributed by atoms with E-state index in [9.17, 15) is 24.0 Å². The molecule has 66 heavy (non-hydrogen) atoms. The Labute approximate surface area is 404 Å². The maximum Gasteiger partial charge on any atom is 0.362 e. The second kappa shape index (κ2) is 42.4. The van der Waals surface area contributed by atoms with E-state index in [0.717, 1.165) is 122 Å². The number of esters is 5. The minimum Gasteiger partial charge on any atom is -0.466 e. The van der Waals surface area contributed by atoms with E-state index in [2.05, 4.69) is 13.8 Å². The molecule has 0 amide bonds. The van der Waals surface area contributed by atoms with Gasteiger partial charge in [0.05, 0.1) is 34.8 Å². The van der Waals surface area contributed by atoms with Crippen LogP contribution in [-0.2, 0) is 47.7 Å². The number of hydrogen-bond acceptors (Lipinski definition) is 10. The third kappa shape index (κ3) is 43.8. The van der Waals surface area contributed by atoms with E-state index in [1.165, 1.54) is 90.9 Å². The van der Waals surface area contributed by atoms with Gasteiger partial charge < -0.3 is 32.7 Å². The smallest absolute Gasteiger partial charge is 0.362 e. The van der Waals surface area contributed by atoms with Gasteiger partial charge in [-0.3, -0.25) is 14.4 Å². The molecule has 0 aromatic rings. The Balaban J connectivity index is 4.30. The number of likely N-dealkylation sites (N-methyl/N-ethyl adjacent to an activating group) is 2. The van der Waals surface area contributed by atoms with Crippen molar-refractivity contribution in [2.75, 3.05) is 74.2 Å². The fourth-order valence-corrected chi connectivity index (χ4v) is 8.32. The summed E-state index contributed by atoms with van der Waals surface area (Å²) < 4.78 is 28.6. The zero-order valence-corrected chi connectivity index (χ0v) is 44.2. The van der Waals surface area contributed by atoms with Gasteiger partial charge in [0.2, 0.25) is 0 Å². The zero-order valence-electron chi connectivity index (χ0n) is 44.2. The first kappa shape index (κ1) is 63.3. The van der Waals surface area contributed by atoms with Crippen LogP contribution in [0, 0.1) is 0 Å². The largest absolute Gasteiger partial charge is 0.466 e. The van der Waals surface area contributed by atoms with Crippen molar-refractivity contribution in [3.8, 4) is 0 Å². The van der Waals surface area contributed by atoms with Crippen LogP contribution in [0.1, 0.15) is 233 Å². The first-order valence-electron chi connectivity index (χ1n) is 27.0. The maximum atomic E-state index is 12.9. The van der Waals surface area contributed by atoms with Gasteiger partial charge in [0.25, 0.3) is 0 Å². The highest BCUT2D eigenvalue weighted by Crippen LogP contribution is 2.20. The van der Waals surface area contributed by atoms with Gasteiger partial charge in [0.1, 0.15) is 38.5 Å². The predicted octanol–water partition coefficient (Wildman–Crippen LogP) is 12.2. The first-order chi connectivity index (χ1) is 31.6. The molecule has 2 unspecified atom stereocenters. The molecular weight excluding hydrogens is 837 g/mol. The van der Waals surface area contributed by atoms with Crippen molar-refractivity contribution >= 4 is 29.8 Å². The third-order valence-electron chi connectivity index (χ3n) is 12.6. The molecule has 0 heterocycles. The lowest BCUT2D eigenvalue weighted by atomic mass is 10.0. The van der Waals surface area contributed by atoms with Gasteiger partial charge in [0, 0.05) is 20.3 Å². The standard InChI is InChI=1S/C54H104N2O10/c1-9-11-13-15-18-24-30-36-50(65-53(60)46-55(5,6)41-44-62-48(3)57)38-32-26-20-17-21-28-34-40-52(59)64-43-35-29-23-22-27-33-39-51(37-31-25-19-16-14-12-10-2)66-54(61)47-56(7,8)42-45-63-49(4)58/h50-51H,9-47H2,1-8H3/q+2. The average molecular weight is 941 g/mol. The van der Waals surface area contributed by atoms with Crippen LogP contribution in [-0.4, -0.2) is 125 Å². The van der Waals surface area contributed by atoms with Crippen LogP contribution in [0.5, 0.6) is 0 Å². The van der Waals surface area contributed by atoms with Crippen molar-refractivity contribution in [2.45, 2.75) is 245 Å². The van der Waals surface area contributed by atoms with Gasteiger partial charge in [-0.25, -0.2) is 9.59 Å². The summed E-state index contributed by atoms with van der Waals surface area (Å²) in [7, 11) is 7.85. The monoisotopic (exact) mass is 941 g/mol. The lowest BCUT2D eigenvalue weighted by molar-refractivity contribution is -0.883. The molecule has 0 aliphatic rings. The van der Waals surface area contributed by atoms with Gasteiger partial charge in [-0.05, 0) is 64.2 Å². The number of quaternary nitrogens is 2. The molecular formula is C54H104N2O10+2. The quantitative estimate of drug-likeness (QED) is 0.0251. The van der Waals surface area contributed by atoms with Crippen molar-refractivity contribution in [2.24, 2.45) is 0 Å². The van der Waals surface area contributed by atoms with Crippen molar-refractivity contribution in [3.05, 3.63) is 0 Å². The van der Waals surface area contributed by atoms with Crippen LogP contribution < -0.4 is 0 Å². The molecule has 0 saturated heterocycles.